The number of hydrogen-bond acceptors (Lipinski definition) is 4. The van der Waals surface area contributed by atoms with Crippen LogP contribution in [0.3, 0.4) is 0 Å². The van der Waals surface area contributed by atoms with Gasteiger partial charge < -0.3 is 14.6 Å². The van der Waals surface area contributed by atoms with Gasteiger partial charge in [-0.1, -0.05) is 227 Å². The van der Waals surface area contributed by atoms with Crippen LogP contribution < -0.4 is 0 Å². The van der Waals surface area contributed by atoms with Gasteiger partial charge in [-0.05, 0) is 96.3 Å². The zero-order chi connectivity index (χ0) is 44.0. The summed E-state index contributed by atoms with van der Waals surface area (Å²) in [4.78, 5) is 12.3. The van der Waals surface area contributed by atoms with E-state index in [1.807, 2.05) is 0 Å². The van der Waals surface area contributed by atoms with E-state index in [4.69, 9.17) is 9.47 Å². The fourth-order valence-electron chi connectivity index (χ4n) is 7.07. The summed E-state index contributed by atoms with van der Waals surface area (Å²) in [6.45, 7) is 5.20. The van der Waals surface area contributed by atoms with Crippen LogP contribution in [0.5, 0.6) is 0 Å². The maximum Gasteiger partial charge on any atom is 0.306 e. The van der Waals surface area contributed by atoms with Crippen molar-refractivity contribution in [2.45, 2.75) is 238 Å². The number of unbranched alkanes of at least 4 members (excludes halogenated alkanes) is 23. The average molecular weight is 847 g/mol. The van der Waals surface area contributed by atoms with Gasteiger partial charge in [0.15, 0.2) is 0 Å². The van der Waals surface area contributed by atoms with E-state index in [1.54, 1.807) is 0 Å². The fraction of sp³-hybridized carbons (Fsp3) is 0.702. The van der Waals surface area contributed by atoms with Crippen LogP contribution in [-0.4, -0.2) is 37.0 Å². The second-order valence-electron chi connectivity index (χ2n) is 16.9. The largest absolute Gasteiger partial charge is 0.457 e. The first kappa shape index (κ1) is 58.3. The molecule has 0 bridgehead atoms. The minimum atomic E-state index is -0.549. The highest BCUT2D eigenvalue weighted by Crippen LogP contribution is 2.14. The number of hydrogen-bond donors (Lipinski definition) is 1. The summed E-state index contributed by atoms with van der Waals surface area (Å²) in [6.07, 6.45) is 76.4. The second kappa shape index (κ2) is 53.4. The number of aliphatic hydroxyl groups is 1. The molecule has 1 atom stereocenters. The Kier molecular flexibility index (Phi) is 51.1. The van der Waals surface area contributed by atoms with Crippen molar-refractivity contribution in [3.63, 3.8) is 0 Å². The molecule has 0 aliphatic rings. The fourth-order valence-corrected chi connectivity index (χ4v) is 7.07. The van der Waals surface area contributed by atoms with Gasteiger partial charge in [-0.25, -0.2) is 0 Å². The summed E-state index contributed by atoms with van der Waals surface area (Å²) >= 11 is 0. The van der Waals surface area contributed by atoms with Gasteiger partial charge in [0, 0.05) is 13.0 Å². The average Bonchev–Trinajstić information content (AvgIpc) is 3.27. The van der Waals surface area contributed by atoms with E-state index < -0.39 is 6.10 Å². The summed E-state index contributed by atoms with van der Waals surface area (Å²) in [5, 5.41) is 9.66. The first-order valence-corrected chi connectivity index (χ1v) is 25.8. The molecule has 0 aromatic rings. The Hall–Kier alpha value is -2.69. The maximum atomic E-state index is 12.3. The number of aliphatic hydroxyl groups excluding tert-OH is 1. The van der Waals surface area contributed by atoms with Crippen molar-refractivity contribution >= 4 is 5.97 Å². The SMILES string of the molecule is CC/C=C\C/C=C\C/C=C\C/C=C\C/C=C\CCCCCCCCCCOCC(CO)OC(=O)CCCCCCCCCCCC/C=C\C/C=C\C/C=C\CCCCCCC. The Bertz CT molecular complexity index is 1120. The molecular weight excluding hydrogens is 749 g/mol. The maximum absolute atomic E-state index is 12.3. The summed E-state index contributed by atoms with van der Waals surface area (Å²) in [5.74, 6) is -0.210. The molecule has 0 aromatic heterocycles. The highest BCUT2D eigenvalue weighted by Gasteiger charge is 2.13. The van der Waals surface area contributed by atoms with E-state index in [0.717, 1.165) is 70.6 Å². The van der Waals surface area contributed by atoms with Gasteiger partial charge in [-0.3, -0.25) is 4.79 Å². The molecule has 1 N–H and O–H groups in total. The topological polar surface area (TPSA) is 55.8 Å². The molecule has 350 valence electrons. The highest BCUT2D eigenvalue weighted by molar-refractivity contribution is 5.69. The van der Waals surface area contributed by atoms with Crippen LogP contribution >= 0.6 is 0 Å². The lowest BCUT2D eigenvalue weighted by Gasteiger charge is -2.16. The molecule has 0 fully saturated rings. The molecule has 61 heavy (non-hydrogen) atoms. The molecule has 0 saturated carbocycles. The standard InChI is InChI=1S/C57H98O4/c1-3-5-7-9-11-13-15-17-19-21-23-25-27-29-30-32-34-36-38-40-42-44-46-48-50-52-57(59)61-56(54-58)55-60-53-51-49-47-45-43-41-39-37-35-33-31-28-26-24-22-20-18-16-14-12-10-8-6-4-2/h6,8,12,14-15,17-18,20-21,23-24,26-27,29,31,33,56,58H,3-5,7,9-11,13,16,19,22,25,28,30,32,34-55H2,1-2H3/b8-6-,14-12-,17-15-,20-18-,23-21-,26-24-,29-27-,33-31-. The predicted molar refractivity (Wildman–Crippen MR) is 269 cm³/mol. The van der Waals surface area contributed by atoms with Crippen LogP contribution in [-0.2, 0) is 14.3 Å². The second-order valence-corrected chi connectivity index (χ2v) is 16.9. The minimum absolute atomic E-state index is 0.182. The van der Waals surface area contributed by atoms with E-state index >= 15 is 0 Å². The van der Waals surface area contributed by atoms with Gasteiger partial charge in [-0.15, -0.1) is 0 Å². The first-order chi connectivity index (χ1) is 30.2. The Morgan fingerprint density at radius 3 is 1.11 bits per heavy atom. The Labute approximate surface area is 379 Å². The Balaban J connectivity index is 3.48. The minimum Gasteiger partial charge on any atom is -0.457 e. The number of carbonyl (C=O) groups is 1. The number of allylic oxidation sites excluding steroid dienone is 16. The van der Waals surface area contributed by atoms with Crippen molar-refractivity contribution in [3.8, 4) is 0 Å². The van der Waals surface area contributed by atoms with Crippen LogP contribution in [0, 0.1) is 0 Å². The highest BCUT2D eigenvalue weighted by atomic mass is 16.6. The molecule has 0 aromatic carbocycles. The zero-order valence-corrected chi connectivity index (χ0v) is 40.1. The van der Waals surface area contributed by atoms with Gasteiger partial charge in [0.1, 0.15) is 6.10 Å². The lowest BCUT2D eigenvalue weighted by molar-refractivity contribution is -0.154. The van der Waals surface area contributed by atoms with Gasteiger partial charge >= 0.3 is 5.97 Å². The molecule has 4 nitrogen and oxygen atoms in total. The van der Waals surface area contributed by atoms with Gasteiger partial charge in [-0.2, -0.15) is 0 Å². The molecule has 0 amide bonds. The molecule has 0 heterocycles. The molecular formula is C57H98O4. The van der Waals surface area contributed by atoms with Gasteiger partial charge in [0.25, 0.3) is 0 Å². The zero-order valence-electron chi connectivity index (χ0n) is 40.1. The monoisotopic (exact) mass is 847 g/mol. The number of rotatable bonds is 47. The molecule has 1 unspecified atom stereocenters. The van der Waals surface area contributed by atoms with Gasteiger partial charge in [0.05, 0.1) is 13.2 Å². The van der Waals surface area contributed by atoms with E-state index in [-0.39, 0.29) is 19.2 Å². The third-order valence-corrected chi connectivity index (χ3v) is 10.9. The van der Waals surface area contributed by atoms with E-state index in [0.29, 0.717) is 13.0 Å². The lowest BCUT2D eigenvalue weighted by Crippen LogP contribution is -2.27. The van der Waals surface area contributed by atoms with Crippen LogP contribution in [0.1, 0.15) is 232 Å². The molecule has 0 rings (SSSR count). The van der Waals surface area contributed by atoms with E-state index in [1.165, 1.54) is 141 Å². The van der Waals surface area contributed by atoms with Crippen LogP contribution in [0.25, 0.3) is 0 Å². The first-order valence-electron chi connectivity index (χ1n) is 25.8. The normalized spacial score (nSPS) is 13.2. The Morgan fingerprint density at radius 1 is 0.410 bits per heavy atom. The van der Waals surface area contributed by atoms with Crippen molar-refractivity contribution in [3.05, 3.63) is 97.2 Å². The van der Waals surface area contributed by atoms with Crippen molar-refractivity contribution in [2.75, 3.05) is 19.8 Å². The summed E-state index contributed by atoms with van der Waals surface area (Å²) in [7, 11) is 0. The summed E-state index contributed by atoms with van der Waals surface area (Å²) in [6, 6.07) is 0. The molecule has 0 saturated heterocycles. The predicted octanol–water partition coefficient (Wildman–Crippen LogP) is 17.7. The summed E-state index contributed by atoms with van der Waals surface area (Å²) < 4.78 is 11.2. The van der Waals surface area contributed by atoms with Crippen molar-refractivity contribution < 1.29 is 19.4 Å². The Morgan fingerprint density at radius 2 is 0.738 bits per heavy atom. The number of carbonyl (C=O) groups excluding carboxylic acids is 1. The lowest BCUT2D eigenvalue weighted by atomic mass is 10.0. The molecule has 0 aliphatic carbocycles. The van der Waals surface area contributed by atoms with Crippen LogP contribution in [0.15, 0.2) is 97.2 Å². The molecule has 0 spiro atoms. The third kappa shape index (κ3) is 51.6. The molecule has 0 aliphatic heterocycles. The third-order valence-electron chi connectivity index (χ3n) is 10.9. The molecule has 0 radical (unpaired) electrons. The van der Waals surface area contributed by atoms with Gasteiger partial charge in [0.2, 0.25) is 0 Å². The van der Waals surface area contributed by atoms with Crippen LogP contribution in [0.2, 0.25) is 0 Å². The summed E-state index contributed by atoms with van der Waals surface area (Å²) in [5.41, 5.74) is 0. The van der Waals surface area contributed by atoms with Crippen molar-refractivity contribution in [1.82, 2.24) is 0 Å². The number of ether oxygens (including phenoxy) is 2. The van der Waals surface area contributed by atoms with Crippen molar-refractivity contribution in [2.24, 2.45) is 0 Å². The van der Waals surface area contributed by atoms with E-state index in [2.05, 4.69) is 111 Å². The quantitative estimate of drug-likeness (QED) is 0.0377. The number of esters is 1. The van der Waals surface area contributed by atoms with Crippen LogP contribution in [0.4, 0.5) is 0 Å². The smallest absolute Gasteiger partial charge is 0.306 e. The molecule has 4 heteroatoms. The van der Waals surface area contributed by atoms with Crippen molar-refractivity contribution in [1.29, 1.82) is 0 Å². The van der Waals surface area contributed by atoms with E-state index in [9.17, 15) is 9.90 Å².